The van der Waals surface area contributed by atoms with E-state index in [0.717, 1.165) is 17.9 Å². The van der Waals surface area contributed by atoms with Gasteiger partial charge < -0.3 is 9.47 Å². The highest BCUT2D eigenvalue weighted by Gasteiger charge is 2.10. The second-order valence-electron chi connectivity index (χ2n) is 3.23. The van der Waals surface area contributed by atoms with Crippen LogP contribution >= 0.6 is 0 Å². The van der Waals surface area contributed by atoms with Gasteiger partial charge in [0.25, 0.3) is 0 Å². The van der Waals surface area contributed by atoms with Crippen molar-refractivity contribution in [3.05, 3.63) is 23.8 Å². The molecular weight excluding hydrogens is 188 g/mol. The lowest BCUT2D eigenvalue weighted by Gasteiger charge is -2.18. The van der Waals surface area contributed by atoms with E-state index in [2.05, 4.69) is 19.1 Å². The maximum absolute atomic E-state index is 5.49. The van der Waals surface area contributed by atoms with E-state index >= 15 is 0 Å². The smallest absolute Gasteiger partial charge is 0.161 e. The summed E-state index contributed by atoms with van der Waals surface area (Å²) in [5.74, 6) is 1.78. The monoisotopic (exact) mass is 208 g/mol. The molecule has 2 heteroatoms. The second kappa shape index (κ2) is 6.33. The standard InChI is InChI=1S/C11H14O2.C2H6/c1-2-3-9-4-5-10-11(8-9)13-7-6-12-10;1-2/h4-5,8H,2-3,6-7H2,1H3;1-2H3. The molecular formula is C13H20O2. The van der Waals surface area contributed by atoms with Crippen molar-refractivity contribution in [3.8, 4) is 11.5 Å². The molecule has 0 bridgehead atoms. The molecule has 1 aliphatic rings. The predicted octanol–water partition coefficient (Wildman–Crippen LogP) is 3.44. The number of ether oxygens (including phenoxy) is 2. The highest BCUT2D eigenvalue weighted by Crippen LogP contribution is 2.30. The summed E-state index contributed by atoms with van der Waals surface area (Å²) in [5.41, 5.74) is 1.33. The van der Waals surface area contributed by atoms with Crippen LogP contribution in [0, 0.1) is 0 Å². The molecule has 0 saturated heterocycles. The molecule has 0 atom stereocenters. The van der Waals surface area contributed by atoms with Gasteiger partial charge in [0.2, 0.25) is 0 Å². The van der Waals surface area contributed by atoms with Crippen molar-refractivity contribution >= 4 is 0 Å². The Morgan fingerprint density at radius 1 is 1.07 bits per heavy atom. The topological polar surface area (TPSA) is 18.5 Å². The molecule has 0 radical (unpaired) electrons. The average Bonchev–Trinajstić information content (AvgIpc) is 2.32. The Balaban J connectivity index is 0.000000531. The van der Waals surface area contributed by atoms with E-state index in [0.29, 0.717) is 13.2 Å². The molecule has 1 heterocycles. The predicted molar refractivity (Wildman–Crippen MR) is 62.8 cm³/mol. The van der Waals surface area contributed by atoms with Crippen molar-refractivity contribution in [3.63, 3.8) is 0 Å². The molecule has 2 rings (SSSR count). The van der Waals surface area contributed by atoms with Gasteiger partial charge in [0.05, 0.1) is 0 Å². The van der Waals surface area contributed by atoms with Gasteiger partial charge in [-0.25, -0.2) is 0 Å². The van der Waals surface area contributed by atoms with Crippen LogP contribution in [0.25, 0.3) is 0 Å². The Labute approximate surface area is 92.2 Å². The lowest BCUT2D eigenvalue weighted by atomic mass is 10.1. The Morgan fingerprint density at radius 3 is 2.40 bits per heavy atom. The summed E-state index contributed by atoms with van der Waals surface area (Å²) in [7, 11) is 0. The molecule has 0 unspecified atom stereocenters. The number of rotatable bonds is 2. The highest BCUT2D eigenvalue weighted by molar-refractivity contribution is 5.43. The van der Waals surface area contributed by atoms with Crippen LogP contribution in [-0.2, 0) is 6.42 Å². The number of benzene rings is 1. The van der Waals surface area contributed by atoms with Gasteiger partial charge in [0.15, 0.2) is 11.5 Å². The fourth-order valence-electron chi connectivity index (χ4n) is 1.53. The first-order chi connectivity index (χ1) is 7.40. The van der Waals surface area contributed by atoms with E-state index in [9.17, 15) is 0 Å². The molecule has 0 aromatic heterocycles. The van der Waals surface area contributed by atoms with Crippen molar-refractivity contribution in [2.75, 3.05) is 13.2 Å². The lowest BCUT2D eigenvalue weighted by molar-refractivity contribution is 0.171. The normalized spacial score (nSPS) is 12.7. The molecule has 1 aliphatic heterocycles. The number of hydrogen-bond acceptors (Lipinski definition) is 2. The van der Waals surface area contributed by atoms with Crippen LogP contribution in [0.5, 0.6) is 11.5 Å². The van der Waals surface area contributed by atoms with E-state index < -0.39 is 0 Å². The van der Waals surface area contributed by atoms with Crippen molar-refractivity contribution in [1.82, 2.24) is 0 Å². The molecule has 0 aliphatic carbocycles. The van der Waals surface area contributed by atoms with E-state index in [1.165, 1.54) is 12.0 Å². The number of aryl methyl sites for hydroxylation is 1. The zero-order valence-corrected chi connectivity index (χ0v) is 9.88. The van der Waals surface area contributed by atoms with Crippen LogP contribution in [-0.4, -0.2) is 13.2 Å². The lowest BCUT2D eigenvalue weighted by Crippen LogP contribution is -2.15. The molecule has 0 amide bonds. The summed E-state index contributed by atoms with van der Waals surface area (Å²) in [6, 6.07) is 6.19. The first-order valence-electron chi connectivity index (χ1n) is 5.78. The molecule has 0 spiro atoms. The Bertz CT molecular complexity index is 295. The van der Waals surface area contributed by atoms with Crippen LogP contribution in [0.1, 0.15) is 32.8 Å². The fourth-order valence-corrected chi connectivity index (χ4v) is 1.53. The van der Waals surface area contributed by atoms with Crippen molar-refractivity contribution in [1.29, 1.82) is 0 Å². The van der Waals surface area contributed by atoms with Gasteiger partial charge in [-0.3, -0.25) is 0 Å². The largest absolute Gasteiger partial charge is 0.486 e. The van der Waals surface area contributed by atoms with Crippen LogP contribution < -0.4 is 9.47 Å². The van der Waals surface area contributed by atoms with Crippen LogP contribution in [0.3, 0.4) is 0 Å². The zero-order chi connectivity index (χ0) is 11.1. The van der Waals surface area contributed by atoms with Gasteiger partial charge in [0, 0.05) is 0 Å². The van der Waals surface area contributed by atoms with Gasteiger partial charge >= 0.3 is 0 Å². The SMILES string of the molecule is CC.CCCc1ccc2c(c1)OCCO2. The molecule has 0 fully saturated rings. The minimum absolute atomic E-state index is 0.667. The molecule has 1 aromatic rings. The summed E-state index contributed by atoms with van der Waals surface area (Å²) >= 11 is 0. The molecule has 2 nitrogen and oxygen atoms in total. The first kappa shape index (κ1) is 11.9. The number of fused-ring (bicyclic) bond motifs is 1. The maximum atomic E-state index is 5.49. The van der Waals surface area contributed by atoms with Gasteiger partial charge in [-0.1, -0.05) is 33.3 Å². The third-order valence-electron chi connectivity index (χ3n) is 2.15. The average molecular weight is 208 g/mol. The van der Waals surface area contributed by atoms with Crippen LogP contribution in [0.2, 0.25) is 0 Å². The summed E-state index contributed by atoms with van der Waals surface area (Å²) in [5, 5.41) is 0. The van der Waals surface area contributed by atoms with E-state index in [1.54, 1.807) is 0 Å². The van der Waals surface area contributed by atoms with Crippen molar-refractivity contribution in [2.45, 2.75) is 33.6 Å². The molecule has 1 aromatic carbocycles. The van der Waals surface area contributed by atoms with Crippen LogP contribution in [0.15, 0.2) is 18.2 Å². The summed E-state index contributed by atoms with van der Waals surface area (Å²) in [4.78, 5) is 0. The van der Waals surface area contributed by atoms with Gasteiger partial charge in [-0.15, -0.1) is 0 Å². The Kier molecular flexibility index (Phi) is 5.02. The second-order valence-corrected chi connectivity index (χ2v) is 3.23. The fraction of sp³-hybridized carbons (Fsp3) is 0.538. The Hall–Kier alpha value is -1.18. The molecule has 84 valence electrons. The maximum Gasteiger partial charge on any atom is 0.161 e. The molecule has 0 N–H and O–H groups in total. The third-order valence-corrected chi connectivity index (χ3v) is 2.15. The molecule has 15 heavy (non-hydrogen) atoms. The van der Waals surface area contributed by atoms with Gasteiger partial charge in [-0.2, -0.15) is 0 Å². The van der Waals surface area contributed by atoms with Gasteiger partial charge in [0.1, 0.15) is 13.2 Å². The van der Waals surface area contributed by atoms with Gasteiger partial charge in [-0.05, 0) is 24.1 Å². The summed E-state index contributed by atoms with van der Waals surface area (Å²) in [6.07, 6.45) is 2.27. The molecule has 0 saturated carbocycles. The minimum atomic E-state index is 0.667. The first-order valence-corrected chi connectivity index (χ1v) is 5.78. The number of hydrogen-bond donors (Lipinski definition) is 0. The Morgan fingerprint density at radius 2 is 1.73 bits per heavy atom. The zero-order valence-electron chi connectivity index (χ0n) is 9.88. The van der Waals surface area contributed by atoms with E-state index in [1.807, 2.05) is 19.9 Å². The third kappa shape index (κ3) is 3.15. The summed E-state index contributed by atoms with van der Waals surface area (Å²) in [6.45, 7) is 7.51. The van der Waals surface area contributed by atoms with E-state index in [4.69, 9.17) is 9.47 Å². The quantitative estimate of drug-likeness (QED) is 0.741. The van der Waals surface area contributed by atoms with Crippen molar-refractivity contribution < 1.29 is 9.47 Å². The van der Waals surface area contributed by atoms with E-state index in [-0.39, 0.29) is 0 Å². The minimum Gasteiger partial charge on any atom is -0.486 e. The van der Waals surface area contributed by atoms with Crippen LogP contribution in [0.4, 0.5) is 0 Å². The highest BCUT2D eigenvalue weighted by atomic mass is 16.6. The summed E-state index contributed by atoms with van der Waals surface area (Å²) < 4.78 is 10.9. The van der Waals surface area contributed by atoms with Crippen molar-refractivity contribution in [2.24, 2.45) is 0 Å².